The lowest BCUT2D eigenvalue weighted by atomic mass is 10.1. The number of piperidine rings is 1. The number of rotatable bonds is 4. The third kappa shape index (κ3) is 3.77. The van der Waals surface area contributed by atoms with Gasteiger partial charge in [0.1, 0.15) is 5.75 Å². The van der Waals surface area contributed by atoms with Gasteiger partial charge in [-0.1, -0.05) is 42.0 Å². The molecule has 2 aromatic rings. The maximum Gasteiger partial charge on any atom is 0.279 e. The number of likely N-dealkylation sites (tertiary alicyclic amines) is 1. The maximum atomic E-state index is 5.94. The average molecular weight is 338 g/mol. The number of nitrogens with zero attached hydrogens (tertiary/aromatic N) is 2. The first kappa shape index (κ1) is 15.6. The molecule has 2 aliphatic rings. The monoisotopic (exact) mass is 338 g/mol. The Kier molecular flexibility index (Phi) is 4.76. The Hall–Kier alpha value is -1.91. The number of allylic oxidation sites excluding steroid dienone is 2. The normalized spacial score (nSPS) is 17.5. The van der Waals surface area contributed by atoms with E-state index in [0.29, 0.717) is 5.19 Å². The second-order valence-electron chi connectivity index (χ2n) is 6.35. The summed E-state index contributed by atoms with van der Waals surface area (Å²) in [6.45, 7) is 3.50. The smallest absolute Gasteiger partial charge is 0.279 e. The van der Waals surface area contributed by atoms with Gasteiger partial charge in [0.2, 0.25) is 0 Å². The highest BCUT2D eigenvalue weighted by Crippen LogP contribution is 2.32. The van der Waals surface area contributed by atoms with E-state index in [4.69, 9.17) is 4.74 Å². The van der Waals surface area contributed by atoms with E-state index in [1.807, 2.05) is 0 Å². The van der Waals surface area contributed by atoms with Crippen LogP contribution in [-0.2, 0) is 6.54 Å². The Morgan fingerprint density at radius 3 is 2.62 bits per heavy atom. The molecule has 0 radical (unpaired) electrons. The van der Waals surface area contributed by atoms with Crippen LogP contribution in [0.3, 0.4) is 0 Å². The first-order valence-corrected chi connectivity index (χ1v) is 9.51. The summed E-state index contributed by atoms with van der Waals surface area (Å²) in [5.41, 5.74) is 2.36. The number of hydrogen-bond acceptors (Lipinski definition) is 4. The zero-order valence-electron chi connectivity index (χ0n) is 13.8. The van der Waals surface area contributed by atoms with Crippen molar-refractivity contribution in [2.75, 3.05) is 13.1 Å². The number of fused-ring (bicyclic) bond motifs is 1. The Morgan fingerprint density at radius 1 is 1.00 bits per heavy atom. The molecule has 1 aromatic carbocycles. The molecule has 3 nitrogen and oxygen atoms in total. The molecule has 0 saturated carbocycles. The molecule has 0 N–H and O–H groups in total. The second kappa shape index (κ2) is 7.32. The number of hydrogen-bond donors (Lipinski definition) is 0. The van der Waals surface area contributed by atoms with Gasteiger partial charge in [0.05, 0.1) is 10.6 Å². The minimum atomic E-state index is 0.708. The Labute approximate surface area is 147 Å². The van der Waals surface area contributed by atoms with Gasteiger partial charge in [-0.3, -0.25) is 4.90 Å². The van der Waals surface area contributed by atoms with E-state index in [1.165, 1.54) is 42.8 Å². The number of aromatic nitrogens is 1. The standard InChI is InChI=1S/C20H22N2OS/c1-3-7-18-19(8-4-1)24-20(21-18)23-17-11-9-16(10-12-17)15-22-13-5-2-6-14-22/h3-4,7-12H,1-2,5-6,13-15H2. The summed E-state index contributed by atoms with van der Waals surface area (Å²) in [6, 6.07) is 8.44. The van der Waals surface area contributed by atoms with Gasteiger partial charge in [-0.25, -0.2) is 4.98 Å². The van der Waals surface area contributed by atoms with Crippen molar-refractivity contribution < 1.29 is 4.74 Å². The molecule has 0 unspecified atom stereocenters. The molecule has 4 heteroatoms. The quantitative estimate of drug-likeness (QED) is 0.751. The summed E-state index contributed by atoms with van der Waals surface area (Å²) < 4.78 is 5.94. The molecular weight excluding hydrogens is 316 g/mol. The van der Waals surface area contributed by atoms with Crippen molar-refractivity contribution in [3.63, 3.8) is 0 Å². The van der Waals surface area contributed by atoms with Gasteiger partial charge in [0.15, 0.2) is 0 Å². The van der Waals surface area contributed by atoms with E-state index >= 15 is 0 Å². The highest BCUT2D eigenvalue weighted by molar-refractivity contribution is 7.14. The van der Waals surface area contributed by atoms with Crippen molar-refractivity contribution in [2.24, 2.45) is 0 Å². The molecule has 24 heavy (non-hydrogen) atoms. The summed E-state index contributed by atoms with van der Waals surface area (Å²) in [6.07, 6.45) is 13.5. The van der Waals surface area contributed by atoms with Crippen LogP contribution in [0.15, 0.2) is 36.4 Å². The van der Waals surface area contributed by atoms with Crippen LogP contribution in [0.2, 0.25) is 0 Å². The molecule has 1 aliphatic carbocycles. The van der Waals surface area contributed by atoms with E-state index in [0.717, 1.165) is 24.4 Å². The largest absolute Gasteiger partial charge is 0.431 e. The van der Waals surface area contributed by atoms with Crippen molar-refractivity contribution in [1.29, 1.82) is 0 Å². The number of ether oxygens (including phenoxy) is 1. The molecule has 0 atom stereocenters. The summed E-state index contributed by atoms with van der Waals surface area (Å²) in [4.78, 5) is 8.28. The minimum Gasteiger partial charge on any atom is -0.431 e. The van der Waals surface area contributed by atoms with Gasteiger partial charge in [0, 0.05) is 6.54 Å². The summed E-state index contributed by atoms with van der Waals surface area (Å²) in [5.74, 6) is 0.856. The fourth-order valence-electron chi connectivity index (χ4n) is 3.18. The van der Waals surface area contributed by atoms with E-state index in [1.54, 1.807) is 11.3 Å². The molecule has 0 spiro atoms. The van der Waals surface area contributed by atoms with Crippen molar-refractivity contribution >= 4 is 23.5 Å². The molecule has 1 aromatic heterocycles. The molecule has 0 bridgehead atoms. The lowest BCUT2D eigenvalue weighted by Crippen LogP contribution is -2.28. The molecule has 0 amide bonds. The topological polar surface area (TPSA) is 25.4 Å². The second-order valence-corrected chi connectivity index (χ2v) is 7.35. The van der Waals surface area contributed by atoms with E-state index in [2.05, 4.69) is 58.5 Å². The summed E-state index contributed by atoms with van der Waals surface area (Å²) >= 11 is 1.60. The zero-order chi connectivity index (χ0) is 16.2. The van der Waals surface area contributed by atoms with Gasteiger partial charge in [-0.15, -0.1) is 0 Å². The SMILES string of the molecule is C1=Cc2nc(Oc3ccc(CN4CCCCC4)cc3)sc2C=CC1. The highest BCUT2D eigenvalue weighted by atomic mass is 32.1. The predicted octanol–water partition coefficient (Wildman–Crippen LogP) is 5.35. The van der Waals surface area contributed by atoms with Crippen molar-refractivity contribution in [1.82, 2.24) is 9.88 Å². The van der Waals surface area contributed by atoms with Crippen molar-refractivity contribution in [2.45, 2.75) is 32.2 Å². The lowest BCUT2D eigenvalue weighted by molar-refractivity contribution is 0.221. The van der Waals surface area contributed by atoms with Crippen molar-refractivity contribution in [3.05, 3.63) is 52.6 Å². The van der Waals surface area contributed by atoms with Gasteiger partial charge < -0.3 is 4.74 Å². The fourth-order valence-corrected chi connectivity index (χ4v) is 4.03. The first-order chi connectivity index (χ1) is 11.9. The van der Waals surface area contributed by atoms with Crippen LogP contribution in [0.25, 0.3) is 12.2 Å². The van der Waals surface area contributed by atoms with Crippen LogP contribution >= 0.6 is 11.3 Å². The summed E-state index contributed by atoms with van der Waals surface area (Å²) in [5, 5.41) is 0.708. The van der Waals surface area contributed by atoms with E-state index in [-0.39, 0.29) is 0 Å². The van der Waals surface area contributed by atoms with Crippen LogP contribution in [-0.4, -0.2) is 23.0 Å². The first-order valence-electron chi connectivity index (χ1n) is 8.70. The van der Waals surface area contributed by atoms with Crippen LogP contribution in [0.5, 0.6) is 10.9 Å². The Balaban J connectivity index is 1.41. The molecule has 1 saturated heterocycles. The lowest BCUT2D eigenvalue weighted by Gasteiger charge is -2.26. The molecule has 1 fully saturated rings. The number of thiazole rings is 1. The van der Waals surface area contributed by atoms with E-state index in [9.17, 15) is 0 Å². The maximum absolute atomic E-state index is 5.94. The van der Waals surface area contributed by atoms with Gasteiger partial charge in [0.25, 0.3) is 5.19 Å². The molecule has 4 rings (SSSR count). The van der Waals surface area contributed by atoms with Crippen LogP contribution in [0.1, 0.15) is 41.8 Å². The fraction of sp³-hybridized carbons (Fsp3) is 0.350. The Morgan fingerprint density at radius 2 is 1.79 bits per heavy atom. The third-order valence-electron chi connectivity index (χ3n) is 4.46. The molecule has 2 heterocycles. The van der Waals surface area contributed by atoms with Crippen LogP contribution in [0, 0.1) is 0 Å². The third-order valence-corrected chi connectivity index (χ3v) is 5.38. The minimum absolute atomic E-state index is 0.708. The van der Waals surface area contributed by atoms with Crippen LogP contribution in [0.4, 0.5) is 0 Å². The van der Waals surface area contributed by atoms with Crippen LogP contribution < -0.4 is 4.74 Å². The number of benzene rings is 1. The Bertz CT molecular complexity index is 710. The zero-order valence-corrected chi connectivity index (χ0v) is 14.6. The average Bonchev–Trinajstić information content (AvgIpc) is 2.86. The van der Waals surface area contributed by atoms with Gasteiger partial charge in [-0.2, -0.15) is 0 Å². The molecule has 124 valence electrons. The summed E-state index contributed by atoms with van der Waals surface area (Å²) in [7, 11) is 0. The molecule has 1 aliphatic heterocycles. The van der Waals surface area contributed by atoms with Gasteiger partial charge >= 0.3 is 0 Å². The predicted molar refractivity (Wildman–Crippen MR) is 100 cm³/mol. The van der Waals surface area contributed by atoms with Crippen molar-refractivity contribution in [3.8, 4) is 10.9 Å². The molecular formula is C20H22N2OS. The van der Waals surface area contributed by atoms with E-state index < -0.39 is 0 Å². The van der Waals surface area contributed by atoms with Gasteiger partial charge in [-0.05, 0) is 62.2 Å². The highest BCUT2D eigenvalue weighted by Gasteiger charge is 2.12.